The summed E-state index contributed by atoms with van der Waals surface area (Å²) in [7, 11) is 0. The van der Waals surface area contributed by atoms with E-state index in [-0.39, 0.29) is 5.63 Å². The van der Waals surface area contributed by atoms with E-state index in [1.807, 2.05) is 19.1 Å². The minimum atomic E-state index is -0.337. The van der Waals surface area contributed by atoms with Crippen LogP contribution in [0.15, 0.2) is 44.2 Å². The van der Waals surface area contributed by atoms with Gasteiger partial charge in [-0.15, -0.1) is 0 Å². The number of hydrogen-bond donors (Lipinski definition) is 0. The fourth-order valence-corrected chi connectivity index (χ4v) is 1.80. The van der Waals surface area contributed by atoms with Gasteiger partial charge in [0.15, 0.2) is 0 Å². The first kappa shape index (κ1) is 8.29. The van der Waals surface area contributed by atoms with Gasteiger partial charge >= 0.3 is 5.63 Å². The van der Waals surface area contributed by atoms with Gasteiger partial charge in [-0.3, -0.25) is 0 Å². The van der Waals surface area contributed by atoms with Gasteiger partial charge < -0.3 is 8.83 Å². The molecule has 0 amide bonds. The van der Waals surface area contributed by atoms with Crippen LogP contribution in [-0.2, 0) is 0 Å². The molecule has 3 heteroatoms. The average molecular weight is 200 g/mol. The van der Waals surface area contributed by atoms with Gasteiger partial charge in [-0.2, -0.15) is 0 Å². The van der Waals surface area contributed by atoms with Crippen LogP contribution in [0.4, 0.5) is 0 Å². The lowest BCUT2D eigenvalue weighted by Crippen LogP contribution is -1.94. The van der Waals surface area contributed by atoms with Gasteiger partial charge in [0.2, 0.25) is 0 Å². The monoisotopic (exact) mass is 200 g/mol. The molecule has 2 heterocycles. The molecule has 0 bridgehead atoms. The Bertz CT molecular complexity index is 704. The third-order valence-corrected chi connectivity index (χ3v) is 2.51. The third-order valence-electron chi connectivity index (χ3n) is 2.51. The van der Waals surface area contributed by atoms with Crippen molar-refractivity contribution in [3.63, 3.8) is 0 Å². The molecule has 74 valence electrons. The highest BCUT2D eigenvalue weighted by Crippen LogP contribution is 2.28. The van der Waals surface area contributed by atoms with E-state index in [4.69, 9.17) is 8.83 Å². The van der Waals surface area contributed by atoms with Crippen LogP contribution in [0.5, 0.6) is 0 Å². The summed E-state index contributed by atoms with van der Waals surface area (Å²) in [6.45, 7) is 1.93. The fourth-order valence-electron chi connectivity index (χ4n) is 1.80. The first-order chi connectivity index (χ1) is 7.25. The van der Waals surface area contributed by atoms with Crippen LogP contribution in [0.1, 0.15) is 5.56 Å². The Balaban J connectivity index is 2.67. The highest BCUT2D eigenvalue weighted by Gasteiger charge is 2.08. The Morgan fingerprint density at radius 3 is 2.80 bits per heavy atom. The number of hydrogen-bond acceptors (Lipinski definition) is 3. The molecule has 0 aliphatic rings. The summed E-state index contributed by atoms with van der Waals surface area (Å²) in [6, 6.07) is 6.94. The molecule has 3 nitrogen and oxygen atoms in total. The van der Waals surface area contributed by atoms with Crippen LogP contribution in [0, 0.1) is 6.92 Å². The normalized spacial score (nSPS) is 11.3. The highest BCUT2D eigenvalue weighted by atomic mass is 16.4. The zero-order valence-electron chi connectivity index (χ0n) is 8.11. The summed E-state index contributed by atoms with van der Waals surface area (Å²) in [6.07, 6.45) is 1.66. The van der Waals surface area contributed by atoms with Crippen LogP contribution >= 0.6 is 0 Å². The van der Waals surface area contributed by atoms with Gasteiger partial charge in [0.25, 0.3) is 0 Å². The van der Waals surface area contributed by atoms with E-state index in [0.29, 0.717) is 5.58 Å². The van der Waals surface area contributed by atoms with E-state index in [1.165, 1.54) is 6.07 Å². The second kappa shape index (κ2) is 2.73. The van der Waals surface area contributed by atoms with Gasteiger partial charge in [-0.25, -0.2) is 4.79 Å². The van der Waals surface area contributed by atoms with Crippen LogP contribution in [0.3, 0.4) is 0 Å². The zero-order chi connectivity index (χ0) is 10.4. The SMILES string of the molecule is Cc1coc2ccc3ccc(=O)oc3c12. The Morgan fingerprint density at radius 2 is 1.93 bits per heavy atom. The molecule has 0 unspecified atom stereocenters. The molecule has 3 aromatic rings. The predicted octanol–water partition coefficient (Wildman–Crippen LogP) is 2.85. The van der Waals surface area contributed by atoms with Gasteiger partial charge in [-0.1, -0.05) is 0 Å². The van der Waals surface area contributed by atoms with E-state index < -0.39 is 0 Å². The Labute approximate surface area is 84.9 Å². The quantitative estimate of drug-likeness (QED) is 0.524. The minimum absolute atomic E-state index is 0.337. The molecule has 0 fully saturated rings. The van der Waals surface area contributed by atoms with Gasteiger partial charge in [-0.05, 0) is 30.7 Å². The van der Waals surface area contributed by atoms with Crippen molar-refractivity contribution in [3.05, 3.63) is 46.5 Å². The first-order valence-electron chi connectivity index (χ1n) is 4.66. The molecular formula is C12H8O3. The summed E-state index contributed by atoms with van der Waals surface area (Å²) in [4.78, 5) is 11.2. The number of benzene rings is 1. The Hall–Kier alpha value is -2.03. The lowest BCUT2D eigenvalue weighted by atomic mass is 10.1. The maximum atomic E-state index is 11.2. The second-order valence-electron chi connectivity index (χ2n) is 3.53. The van der Waals surface area contributed by atoms with Gasteiger partial charge in [0.05, 0.1) is 11.6 Å². The first-order valence-corrected chi connectivity index (χ1v) is 4.66. The summed E-state index contributed by atoms with van der Waals surface area (Å²) in [5.41, 5.74) is 1.99. The minimum Gasteiger partial charge on any atom is -0.464 e. The maximum Gasteiger partial charge on any atom is 0.336 e. The van der Waals surface area contributed by atoms with Crippen LogP contribution in [0.25, 0.3) is 21.9 Å². The average Bonchev–Trinajstić information content (AvgIpc) is 2.60. The van der Waals surface area contributed by atoms with Crippen molar-refractivity contribution in [1.82, 2.24) is 0 Å². The van der Waals surface area contributed by atoms with Gasteiger partial charge in [0, 0.05) is 11.5 Å². The van der Waals surface area contributed by atoms with E-state index >= 15 is 0 Å². The zero-order valence-corrected chi connectivity index (χ0v) is 8.11. The van der Waals surface area contributed by atoms with Crippen molar-refractivity contribution in [3.8, 4) is 0 Å². The van der Waals surface area contributed by atoms with E-state index in [2.05, 4.69) is 0 Å². The number of furan rings is 1. The number of fused-ring (bicyclic) bond motifs is 3. The molecule has 0 saturated carbocycles. The second-order valence-corrected chi connectivity index (χ2v) is 3.53. The molecule has 2 aromatic heterocycles. The van der Waals surface area contributed by atoms with Crippen molar-refractivity contribution >= 4 is 21.9 Å². The lowest BCUT2D eigenvalue weighted by molar-refractivity contribution is 0.563. The van der Waals surface area contributed by atoms with Gasteiger partial charge in [0.1, 0.15) is 11.2 Å². The van der Waals surface area contributed by atoms with Crippen LogP contribution in [-0.4, -0.2) is 0 Å². The largest absolute Gasteiger partial charge is 0.464 e. The van der Waals surface area contributed by atoms with Crippen molar-refractivity contribution in [2.75, 3.05) is 0 Å². The highest BCUT2D eigenvalue weighted by molar-refractivity contribution is 6.03. The number of rotatable bonds is 0. The Morgan fingerprint density at radius 1 is 1.13 bits per heavy atom. The molecule has 0 atom stereocenters. The molecule has 0 saturated heterocycles. The van der Waals surface area contributed by atoms with E-state index in [1.54, 1.807) is 12.3 Å². The smallest absolute Gasteiger partial charge is 0.336 e. The third kappa shape index (κ3) is 1.09. The fraction of sp³-hybridized carbons (Fsp3) is 0.0833. The topological polar surface area (TPSA) is 43.4 Å². The predicted molar refractivity (Wildman–Crippen MR) is 57.0 cm³/mol. The summed E-state index contributed by atoms with van der Waals surface area (Å²) >= 11 is 0. The van der Waals surface area contributed by atoms with Crippen molar-refractivity contribution in [2.45, 2.75) is 6.92 Å². The molecule has 1 aromatic carbocycles. The lowest BCUT2D eigenvalue weighted by Gasteiger charge is -1.97. The standard InChI is InChI=1S/C12H8O3/c1-7-6-14-9-4-2-8-3-5-10(13)15-12(8)11(7)9/h2-6H,1H3. The molecule has 3 rings (SSSR count). The van der Waals surface area contributed by atoms with Crippen molar-refractivity contribution in [1.29, 1.82) is 0 Å². The maximum absolute atomic E-state index is 11.2. The summed E-state index contributed by atoms with van der Waals surface area (Å²) in [5.74, 6) is 0. The van der Waals surface area contributed by atoms with Crippen molar-refractivity contribution in [2.24, 2.45) is 0 Å². The molecule has 0 N–H and O–H groups in total. The van der Waals surface area contributed by atoms with E-state index in [9.17, 15) is 4.79 Å². The molecule has 0 spiro atoms. The molecular weight excluding hydrogens is 192 g/mol. The summed E-state index contributed by atoms with van der Waals surface area (Å²) in [5, 5.41) is 1.79. The number of aryl methyl sites for hydroxylation is 1. The molecule has 0 radical (unpaired) electrons. The Kier molecular flexibility index (Phi) is 1.51. The van der Waals surface area contributed by atoms with Crippen molar-refractivity contribution < 1.29 is 8.83 Å². The van der Waals surface area contributed by atoms with Crippen LogP contribution < -0.4 is 5.63 Å². The molecule has 0 aliphatic heterocycles. The summed E-state index contributed by atoms with van der Waals surface area (Å²) < 4.78 is 10.5. The molecule has 15 heavy (non-hydrogen) atoms. The molecule has 0 aliphatic carbocycles. The van der Waals surface area contributed by atoms with Crippen LogP contribution in [0.2, 0.25) is 0 Å². The van der Waals surface area contributed by atoms with E-state index in [0.717, 1.165) is 21.9 Å².